The molecular weight excluding hydrogens is 965 g/mol. The molecule has 0 radical (unpaired) electrons. The van der Waals surface area contributed by atoms with Crippen LogP contribution in [0.5, 0.6) is 5.75 Å². The van der Waals surface area contributed by atoms with Crippen molar-refractivity contribution in [3.05, 3.63) is 143 Å². The van der Waals surface area contributed by atoms with Gasteiger partial charge in [0.1, 0.15) is 5.75 Å². The molecule has 14 atom stereocenters. The van der Waals surface area contributed by atoms with E-state index in [1.807, 2.05) is 0 Å². The lowest BCUT2D eigenvalue weighted by Crippen LogP contribution is -2.42. The summed E-state index contributed by atoms with van der Waals surface area (Å²) in [6.45, 7) is 0. The number of hydrogen-bond acceptors (Lipinski definition) is 13. The first-order valence-corrected chi connectivity index (χ1v) is 27.0. The van der Waals surface area contributed by atoms with E-state index in [1.54, 1.807) is 79.2 Å². The SMILES string of the molecule is COC(=O)c1cccc(N2C(=O)[C@@H]3[C@H]4C[C@H]([C@@H]5Sc6[nH]c(=O)sc6[C@@H](c6ccc(-c7ccc([C@H]8c9sc(=O)[nH]c9S[C@@H]9[C@@H]%10C[C@@H]([C@@H]%11C(=O)N(c%12ccc(OC)cc%12)C(=O)[C@H]%10%11)[C@H]89)cc7)cc6)[C@H]45)[C@@H]3C2=O)c1. The number of carbonyl (C=O) groups is 5. The van der Waals surface area contributed by atoms with Gasteiger partial charge in [-0.05, 0) is 113 Å². The largest absolute Gasteiger partial charge is 0.497 e. The number of H-pyrrole nitrogens is 2. The van der Waals surface area contributed by atoms with Gasteiger partial charge in [-0.1, -0.05) is 77.3 Å². The second kappa shape index (κ2) is 15.5. The summed E-state index contributed by atoms with van der Waals surface area (Å²) in [6, 6.07) is 30.6. The number of nitrogens with one attached hydrogen (secondary N) is 2. The summed E-state index contributed by atoms with van der Waals surface area (Å²) < 4.78 is 10.2. The lowest BCUT2D eigenvalue weighted by atomic mass is 9.68. The Labute approximate surface area is 416 Å². The molecule has 4 aliphatic carbocycles. The number of esters is 1. The second-order valence-corrected chi connectivity index (χ2v) is 24.3. The predicted octanol–water partition coefficient (Wildman–Crippen LogP) is 8.00. The van der Waals surface area contributed by atoms with Crippen molar-refractivity contribution < 1.29 is 33.4 Å². The maximum Gasteiger partial charge on any atom is 0.337 e. The van der Waals surface area contributed by atoms with Crippen molar-refractivity contribution in [2.24, 2.45) is 59.2 Å². The second-order valence-electron chi connectivity index (χ2n) is 19.9. The molecule has 2 aromatic heterocycles. The number of thiazole rings is 2. The van der Waals surface area contributed by atoms with Gasteiger partial charge < -0.3 is 19.4 Å². The van der Waals surface area contributed by atoms with Gasteiger partial charge >= 0.3 is 15.7 Å². The number of nitrogens with zero attached hydrogens (tertiary/aromatic N) is 2. The Hall–Kier alpha value is -6.01. The minimum atomic E-state index is -0.543. The average Bonchev–Trinajstić information content (AvgIpc) is 4.27. The maximum atomic E-state index is 14.4. The number of anilines is 2. The average molecular weight is 1010 g/mol. The zero-order valence-corrected chi connectivity index (χ0v) is 40.7. The Bertz CT molecular complexity index is 3380. The number of aromatic amines is 2. The smallest absolute Gasteiger partial charge is 0.337 e. The predicted molar refractivity (Wildman–Crippen MR) is 265 cm³/mol. The van der Waals surface area contributed by atoms with Crippen LogP contribution in [-0.4, -0.2) is 64.3 Å². The Kier molecular flexibility index (Phi) is 9.48. The molecule has 352 valence electrons. The Morgan fingerprint density at radius 3 is 1.47 bits per heavy atom. The molecule has 17 heteroatoms. The van der Waals surface area contributed by atoms with E-state index in [4.69, 9.17) is 9.47 Å². The van der Waals surface area contributed by atoms with Crippen molar-refractivity contribution in [1.29, 1.82) is 0 Å². The highest BCUT2D eigenvalue weighted by Gasteiger charge is 2.71. The molecule has 4 bridgehead atoms. The standard InChI is InChI=1S/C53H42N4O9S4/c1-65-28-16-14-26(15-17-28)56-47(58)37-29-19-31(39(37)49(56)60)41-35(29)33(43-45(67-41)54-52(63)69-43)23-10-6-21(7-11-23)22-8-12-24(13-9-22)34-36-30-20-32(42(36)68-46-44(34)70-53(64)55-46)40-38(30)48(59)57(50(40)61)27-5-3-4-25(18-27)51(62)66-2/h3-18,29-42H,19-20H2,1-2H3,(H,54,63)(H,55,64)/t29-,30+,31-,32+,33-,34+,35-,36+,37+,38-,39-,40+,41-,42+/m1/s1. The van der Waals surface area contributed by atoms with Crippen LogP contribution >= 0.6 is 46.2 Å². The van der Waals surface area contributed by atoms with E-state index >= 15 is 0 Å². The normalized spacial score (nSPS) is 32.7. The first-order valence-electron chi connectivity index (χ1n) is 23.6. The number of amides is 4. The number of benzene rings is 4. The van der Waals surface area contributed by atoms with Crippen molar-refractivity contribution in [2.45, 2.75) is 45.2 Å². The van der Waals surface area contributed by atoms with Gasteiger partial charge in [0.25, 0.3) is 0 Å². The van der Waals surface area contributed by atoms with Gasteiger partial charge in [0.15, 0.2) is 0 Å². The number of ether oxygens (including phenoxy) is 2. The molecular formula is C53H42N4O9S4. The number of carbonyl (C=O) groups excluding carboxylic acids is 5. The van der Waals surface area contributed by atoms with Crippen LogP contribution in [0.25, 0.3) is 11.1 Å². The third kappa shape index (κ3) is 5.88. The van der Waals surface area contributed by atoms with Crippen LogP contribution in [0.1, 0.15) is 55.9 Å². The van der Waals surface area contributed by atoms with Gasteiger partial charge in [0.2, 0.25) is 23.6 Å². The topological polar surface area (TPSA) is 176 Å². The van der Waals surface area contributed by atoms with Crippen LogP contribution in [0.4, 0.5) is 11.4 Å². The summed E-state index contributed by atoms with van der Waals surface area (Å²) in [6.07, 6.45) is 1.56. The zero-order chi connectivity index (χ0) is 47.6. The van der Waals surface area contributed by atoms with Crippen LogP contribution in [0.2, 0.25) is 0 Å². The molecule has 13 nitrogen and oxygen atoms in total. The molecule has 14 rings (SSSR count). The first-order chi connectivity index (χ1) is 34.0. The van der Waals surface area contributed by atoms with E-state index < -0.39 is 23.7 Å². The van der Waals surface area contributed by atoms with Crippen molar-refractivity contribution in [2.75, 3.05) is 24.0 Å². The van der Waals surface area contributed by atoms with Crippen molar-refractivity contribution in [3.63, 3.8) is 0 Å². The summed E-state index contributed by atoms with van der Waals surface area (Å²) in [7, 11) is 2.88. The van der Waals surface area contributed by atoms with Crippen molar-refractivity contribution >= 4 is 87.2 Å². The molecule has 4 amide bonds. The van der Waals surface area contributed by atoms with Gasteiger partial charge in [0, 0.05) is 32.1 Å². The van der Waals surface area contributed by atoms with Crippen molar-refractivity contribution in [3.8, 4) is 16.9 Å². The summed E-state index contributed by atoms with van der Waals surface area (Å²) in [5.41, 5.74) is 5.35. The van der Waals surface area contributed by atoms with Gasteiger partial charge in [-0.3, -0.25) is 38.6 Å². The van der Waals surface area contributed by atoms with E-state index in [1.165, 1.54) is 39.6 Å². The molecule has 4 aromatic carbocycles. The molecule has 8 aliphatic rings. The highest BCUT2D eigenvalue weighted by Crippen LogP contribution is 2.70. The van der Waals surface area contributed by atoms with Gasteiger partial charge in [-0.25, -0.2) is 4.79 Å². The van der Waals surface area contributed by atoms with Crippen LogP contribution in [-0.2, 0) is 23.9 Å². The number of thioether (sulfide) groups is 2. The molecule has 4 aliphatic heterocycles. The minimum Gasteiger partial charge on any atom is -0.497 e. The monoisotopic (exact) mass is 1010 g/mol. The molecule has 70 heavy (non-hydrogen) atoms. The van der Waals surface area contributed by atoms with Crippen LogP contribution in [0.15, 0.2) is 117 Å². The molecule has 6 heterocycles. The van der Waals surface area contributed by atoms with Crippen LogP contribution in [0.3, 0.4) is 0 Å². The minimum absolute atomic E-state index is 0.0102. The maximum absolute atomic E-state index is 14.4. The Morgan fingerprint density at radius 2 is 1.01 bits per heavy atom. The molecule has 0 unspecified atom stereocenters. The van der Waals surface area contributed by atoms with Crippen molar-refractivity contribution in [1.82, 2.24) is 9.97 Å². The molecule has 6 fully saturated rings. The number of aromatic nitrogens is 2. The molecule has 0 spiro atoms. The summed E-state index contributed by atoms with van der Waals surface area (Å²) in [4.78, 5) is 106. The van der Waals surface area contributed by atoms with E-state index in [0.717, 1.165) is 54.9 Å². The van der Waals surface area contributed by atoms with Gasteiger partial charge in [-0.15, -0.1) is 23.5 Å². The summed E-state index contributed by atoms with van der Waals surface area (Å²) >= 11 is 5.80. The Balaban J connectivity index is 0.753. The van der Waals surface area contributed by atoms with Gasteiger partial charge in [0.05, 0.1) is 64.9 Å². The molecule has 2 saturated heterocycles. The van der Waals surface area contributed by atoms with E-state index in [-0.39, 0.29) is 103 Å². The number of rotatable bonds is 7. The quantitative estimate of drug-likeness (QED) is 0.117. The summed E-state index contributed by atoms with van der Waals surface area (Å²) in [5.74, 6) is -2.67. The van der Waals surface area contributed by atoms with Gasteiger partial charge in [-0.2, -0.15) is 0 Å². The third-order valence-electron chi connectivity index (χ3n) is 17.2. The molecule has 4 saturated carbocycles. The number of imide groups is 2. The fraction of sp³-hybridized carbons (Fsp3) is 0.340. The molecule has 6 aromatic rings. The number of methoxy groups -OCH3 is 2. The van der Waals surface area contributed by atoms with E-state index in [0.29, 0.717) is 17.1 Å². The summed E-state index contributed by atoms with van der Waals surface area (Å²) in [5, 5.41) is 1.80. The highest BCUT2D eigenvalue weighted by atomic mass is 32.2. The fourth-order valence-corrected chi connectivity index (χ4v) is 20.5. The Morgan fingerprint density at radius 1 is 0.557 bits per heavy atom. The third-order valence-corrected chi connectivity index (χ3v) is 22.4. The highest BCUT2D eigenvalue weighted by molar-refractivity contribution is 8.00. The fourth-order valence-electron chi connectivity index (χ4n) is 14.7. The van der Waals surface area contributed by atoms with Crippen LogP contribution < -0.4 is 24.3 Å². The zero-order valence-electron chi connectivity index (χ0n) is 37.4. The number of hydrogen-bond donors (Lipinski definition) is 2. The van der Waals surface area contributed by atoms with Crippen LogP contribution in [0, 0.1) is 59.2 Å². The van der Waals surface area contributed by atoms with E-state index in [9.17, 15) is 33.6 Å². The lowest BCUT2D eigenvalue weighted by molar-refractivity contribution is -0.124. The lowest BCUT2D eigenvalue weighted by Gasteiger charge is -2.43. The molecule has 2 N–H and O–H groups in total. The first kappa shape index (κ1) is 42.8. The van der Waals surface area contributed by atoms with E-state index in [2.05, 4.69) is 58.5 Å². The number of fused-ring (bicyclic) bond motifs is 18.